The number of benzene rings is 1. The number of aromatic nitrogens is 1. The molecule has 0 saturated carbocycles. The van der Waals surface area contributed by atoms with E-state index in [-0.39, 0.29) is 28.6 Å². The lowest BCUT2D eigenvalue weighted by atomic mass is 10.1. The quantitative estimate of drug-likeness (QED) is 0.882. The van der Waals surface area contributed by atoms with Crippen molar-refractivity contribution in [2.24, 2.45) is 0 Å². The number of hydrogen-bond donors (Lipinski definition) is 1. The van der Waals surface area contributed by atoms with Crippen LogP contribution < -0.4 is 10.3 Å². The summed E-state index contributed by atoms with van der Waals surface area (Å²) in [5.74, 6) is -0.841. The highest BCUT2D eigenvalue weighted by atomic mass is 19.4. The smallest absolute Gasteiger partial charge is 0.422 e. The van der Waals surface area contributed by atoms with Gasteiger partial charge < -0.3 is 9.72 Å². The van der Waals surface area contributed by atoms with E-state index in [2.05, 4.69) is 4.98 Å². The largest absolute Gasteiger partial charge is 0.483 e. The number of alkyl halides is 3. The predicted molar refractivity (Wildman–Crippen MR) is 65.5 cm³/mol. The second-order valence-corrected chi connectivity index (χ2v) is 4.21. The predicted octanol–water partition coefficient (Wildman–Crippen LogP) is 3.17. The molecule has 2 aromatic rings. The number of H-pyrrole nitrogens is 1. The minimum Gasteiger partial charge on any atom is -0.483 e. The monoisotopic (exact) mass is 289 g/mol. The van der Waals surface area contributed by atoms with Crippen LogP contribution in [-0.2, 0) is 6.42 Å². The number of halogens is 4. The standard InChI is InChI=1S/C13H11F4NO2/c1-2-8-11(20-6-13(15,16)17)9-5-7(14)3-4-10(9)18-12(8)19/h3-5H,2,6H2,1H3,(H,18,19). The van der Waals surface area contributed by atoms with Gasteiger partial charge >= 0.3 is 6.18 Å². The molecule has 3 nitrogen and oxygen atoms in total. The summed E-state index contributed by atoms with van der Waals surface area (Å²) < 4.78 is 54.8. The molecule has 0 atom stereocenters. The fraction of sp³-hybridized carbons (Fsp3) is 0.308. The van der Waals surface area contributed by atoms with Crippen LogP contribution in [0.1, 0.15) is 12.5 Å². The third kappa shape index (κ3) is 2.92. The van der Waals surface area contributed by atoms with Crippen LogP contribution in [0.25, 0.3) is 10.9 Å². The molecule has 0 spiro atoms. The maximum Gasteiger partial charge on any atom is 0.422 e. The van der Waals surface area contributed by atoms with E-state index in [0.29, 0.717) is 0 Å². The molecule has 7 heteroatoms. The summed E-state index contributed by atoms with van der Waals surface area (Å²) in [6, 6.07) is 3.43. The van der Waals surface area contributed by atoms with Crippen LogP contribution >= 0.6 is 0 Å². The summed E-state index contributed by atoms with van der Waals surface area (Å²) in [6.45, 7) is 0.0746. The first-order valence-electron chi connectivity index (χ1n) is 5.86. The number of rotatable bonds is 3. The minimum atomic E-state index is -4.53. The first-order chi connectivity index (χ1) is 9.31. The van der Waals surface area contributed by atoms with E-state index in [9.17, 15) is 22.4 Å². The summed E-state index contributed by atoms with van der Waals surface area (Å²) in [4.78, 5) is 14.3. The molecule has 2 rings (SSSR count). The van der Waals surface area contributed by atoms with E-state index in [4.69, 9.17) is 4.74 Å². The Balaban J connectivity index is 2.63. The molecule has 1 aromatic heterocycles. The van der Waals surface area contributed by atoms with Crippen molar-refractivity contribution in [3.05, 3.63) is 39.9 Å². The number of fused-ring (bicyclic) bond motifs is 1. The van der Waals surface area contributed by atoms with Crippen LogP contribution in [0.3, 0.4) is 0 Å². The molecule has 108 valence electrons. The summed E-state index contributed by atoms with van der Waals surface area (Å²) >= 11 is 0. The van der Waals surface area contributed by atoms with Gasteiger partial charge in [0.1, 0.15) is 11.6 Å². The van der Waals surface area contributed by atoms with Gasteiger partial charge in [0, 0.05) is 5.39 Å². The fourth-order valence-corrected chi connectivity index (χ4v) is 1.92. The van der Waals surface area contributed by atoms with E-state index >= 15 is 0 Å². The lowest BCUT2D eigenvalue weighted by Gasteiger charge is -2.14. The Kier molecular flexibility index (Phi) is 3.69. The zero-order valence-electron chi connectivity index (χ0n) is 10.5. The Morgan fingerprint density at radius 1 is 1.30 bits per heavy atom. The summed E-state index contributed by atoms with van der Waals surface area (Å²) in [5.41, 5.74) is -0.248. The first-order valence-corrected chi connectivity index (χ1v) is 5.86. The molecule has 20 heavy (non-hydrogen) atoms. The van der Waals surface area contributed by atoms with Crippen LogP contribution in [0, 0.1) is 5.82 Å². The van der Waals surface area contributed by atoms with Gasteiger partial charge in [-0.05, 0) is 24.6 Å². The third-order valence-electron chi connectivity index (χ3n) is 2.76. The second-order valence-electron chi connectivity index (χ2n) is 4.21. The van der Waals surface area contributed by atoms with Crippen LogP contribution in [0.5, 0.6) is 5.75 Å². The van der Waals surface area contributed by atoms with Crippen LogP contribution in [0.2, 0.25) is 0 Å². The van der Waals surface area contributed by atoms with Crippen molar-refractivity contribution in [3.63, 3.8) is 0 Å². The Labute approximate surface area is 111 Å². The molecular formula is C13H11F4NO2. The van der Waals surface area contributed by atoms with Gasteiger partial charge in [0.25, 0.3) is 5.56 Å². The van der Waals surface area contributed by atoms with Crippen molar-refractivity contribution in [2.45, 2.75) is 19.5 Å². The normalized spacial score (nSPS) is 11.8. The van der Waals surface area contributed by atoms with Gasteiger partial charge in [-0.2, -0.15) is 13.2 Å². The molecule has 1 N–H and O–H groups in total. The van der Waals surface area contributed by atoms with Gasteiger partial charge in [-0.3, -0.25) is 4.79 Å². The Hall–Kier alpha value is -2.05. The van der Waals surface area contributed by atoms with Crippen molar-refractivity contribution in [3.8, 4) is 5.75 Å². The SMILES string of the molecule is CCc1c(OCC(F)(F)F)c2cc(F)ccc2[nH]c1=O. The number of nitrogens with one attached hydrogen (secondary N) is 1. The Morgan fingerprint density at radius 3 is 2.60 bits per heavy atom. The molecular weight excluding hydrogens is 278 g/mol. The molecule has 0 bridgehead atoms. The Bertz CT molecular complexity index is 691. The van der Waals surface area contributed by atoms with Crippen molar-refractivity contribution in [2.75, 3.05) is 6.61 Å². The Morgan fingerprint density at radius 2 is 2.00 bits per heavy atom. The first kappa shape index (κ1) is 14.4. The molecule has 0 aliphatic carbocycles. The zero-order valence-corrected chi connectivity index (χ0v) is 10.5. The van der Waals surface area contributed by atoms with Crippen LogP contribution in [0.4, 0.5) is 17.6 Å². The lowest BCUT2D eigenvalue weighted by Crippen LogP contribution is -2.22. The maximum absolute atomic E-state index is 13.3. The van der Waals surface area contributed by atoms with Gasteiger partial charge in [-0.15, -0.1) is 0 Å². The molecule has 0 saturated heterocycles. The van der Waals surface area contributed by atoms with E-state index in [1.807, 2.05) is 0 Å². The van der Waals surface area contributed by atoms with Crippen molar-refractivity contribution in [1.82, 2.24) is 4.98 Å². The highest BCUT2D eigenvalue weighted by Gasteiger charge is 2.29. The fourth-order valence-electron chi connectivity index (χ4n) is 1.92. The highest BCUT2D eigenvalue weighted by molar-refractivity contribution is 5.86. The van der Waals surface area contributed by atoms with Gasteiger partial charge in [-0.1, -0.05) is 6.92 Å². The summed E-state index contributed by atoms with van der Waals surface area (Å²) in [5, 5.41) is 0.116. The van der Waals surface area contributed by atoms with Gasteiger partial charge in [0.2, 0.25) is 0 Å². The maximum atomic E-state index is 13.3. The molecule has 1 heterocycles. The molecule has 0 aliphatic rings. The van der Waals surface area contributed by atoms with Gasteiger partial charge in [0.05, 0.1) is 11.1 Å². The minimum absolute atomic E-state index is 0.0624. The number of hydrogen-bond acceptors (Lipinski definition) is 2. The van der Waals surface area contributed by atoms with Crippen molar-refractivity contribution < 1.29 is 22.3 Å². The molecule has 0 radical (unpaired) electrons. The molecule has 0 amide bonds. The third-order valence-corrected chi connectivity index (χ3v) is 2.76. The molecule has 0 fully saturated rings. The van der Waals surface area contributed by atoms with E-state index in [1.54, 1.807) is 6.92 Å². The summed E-state index contributed by atoms with van der Waals surface area (Å²) in [6.07, 6.45) is -4.36. The molecule has 0 aliphatic heterocycles. The molecule has 0 unspecified atom stereocenters. The van der Waals surface area contributed by atoms with E-state index < -0.39 is 24.2 Å². The number of pyridine rings is 1. The lowest BCUT2D eigenvalue weighted by molar-refractivity contribution is -0.153. The summed E-state index contributed by atoms with van der Waals surface area (Å²) in [7, 11) is 0. The van der Waals surface area contributed by atoms with Crippen LogP contribution in [0.15, 0.2) is 23.0 Å². The van der Waals surface area contributed by atoms with Crippen molar-refractivity contribution >= 4 is 10.9 Å². The number of ether oxygens (including phenoxy) is 1. The van der Waals surface area contributed by atoms with Gasteiger partial charge in [0.15, 0.2) is 6.61 Å². The van der Waals surface area contributed by atoms with E-state index in [1.165, 1.54) is 6.07 Å². The number of aromatic amines is 1. The zero-order chi connectivity index (χ0) is 14.9. The second kappa shape index (κ2) is 5.15. The van der Waals surface area contributed by atoms with E-state index in [0.717, 1.165) is 12.1 Å². The van der Waals surface area contributed by atoms with Crippen molar-refractivity contribution in [1.29, 1.82) is 0 Å². The van der Waals surface area contributed by atoms with Crippen LogP contribution in [-0.4, -0.2) is 17.8 Å². The highest BCUT2D eigenvalue weighted by Crippen LogP contribution is 2.29. The van der Waals surface area contributed by atoms with Gasteiger partial charge in [-0.25, -0.2) is 4.39 Å². The average molecular weight is 289 g/mol. The average Bonchev–Trinajstić information content (AvgIpc) is 2.35. The topological polar surface area (TPSA) is 42.1 Å². The molecule has 1 aromatic carbocycles.